The molecule has 7 heteroatoms. The lowest BCUT2D eigenvalue weighted by atomic mass is 10.1. The lowest BCUT2D eigenvalue weighted by molar-refractivity contribution is 0.262. The lowest BCUT2D eigenvalue weighted by Crippen LogP contribution is -2.19. The lowest BCUT2D eigenvalue weighted by Gasteiger charge is -2.09. The SMILES string of the molecule is COc1ccccc1NC(=O)Nc1nnc(-c2ccccc2C)s1. The summed E-state index contributed by atoms with van der Waals surface area (Å²) in [5.41, 5.74) is 2.70. The van der Waals surface area contributed by atoms with Crippen molar-refractivity contribution in [3.8, 4) is 16.3 Å². The summed E-state index contributed by atoms with van der Waals surface area (Å²) >= 11 is 1.32. The molecule has 0 aliphatic carbocycles. The van der Waals surface area contributed by atoms with Crippen molar-refractivity contribution in [2.45, 2.75) is 6.92 Å². The van der Waals surface area contributed by atoms with Crippen molar-refractivity contribution in [1.82, 2.24) is 10.2 Å². The number of anilines is 2. The van der Waals surface area contributed by atoms with Crippen LogP contribution in [0.3, 0.4) is 0 Å². The molecule has 0 unspecified atom stereocenters. The van der Waals surface area contributed by atoms with E-state index in [0.717, 1.165) is 16.1 Å². The van der Waals surface area contributed by atoms with E-state index in [1.54, 1.807) is 19.2 Å². The maximum absolute atomic E-state index is 12.1. The highest BCUT2D eigenvalue weighted by Crippen LogP contribution is 2.29. The van der Waals surface area contributed by atoms with Crippen LogP contribution in [0, 0.1) is 6.92 Å². The van der Waals surface area contributed by atoms with Gasteiger partial charge in [0, 0.05) is 5.56 Å². The number of para-hydroxylation sites is 2. The Morgan fingerprint density at radius 2 is 1.79 bits per heavy atom. The van der Waals surface area contributed by atoms with Crippen molar-refractivity contribution in [2.24, 2.45) is 0 Å². The van der Waals surface area contributed by atoms with Crippen LogP contribution in [0.25, 0.3) is 10.6 Å². The smallest absolute Gasteiger partial charge is 0.325 e. The Bertz CT molecular complexity index is 863. The van der Waals surface area contributed by atoms with Gasteiger partial charge in [0.05, 0.1) is 12.8 Å². The van der Waals surface area contributed by atoms with Gasteiger partial charge in [-0.15, -0.1) is 10.2 Å². The fourth-order valence-electron chi connectivity index (χ4n) is 2.19. The number of carbonyl (C=O) groups is 1. The van der Waals surface area contributed by atoms with Crippen LogP contribution in [0.15, 0.2) is 48.5 Å². The third-order valence-corrected chi connectivity index (χ3v) is 4.25. The summed E-state index contributed by atoms with van der Waals surface area (Å²) in [4.78, 5) is 12.1. The Morgan fingerprint density at radius 3 is 2.58 bits per heavy atom. The number of ether oxygens (including phenoxy) is 1. The Labute approximate surface area is 143 Å². The number of aryl methyl sites for hydroxylation is 1. The highest BCUT2D eigenvalue weighted by atomic mass is 32.1. The van der Waals surface area contributed by atoms with E-state index in [-0.39, 0.29) is 0 Å². The monoisotopic (exact) mass is 340 g/mol. The molecule has 0 aliphatic heterocycles. The molecule has 0 aliphatic rings. The molecule has 0 atom stereocenters. The number of hydrogen-bond acceptors (Lipinski definition) is 5. The number of nitrogens with zero attached hydrogens (tertiary/aromatic N) is 2. The molecule has 0 saturated carbocycles. The third kappa shape index (κ3) is 3.52. The summed E-state index contributed by atoms with van der Waals surface area (Å²) in [6.45, 7) is 2.01. The first-order chi connectivity index (χ1) is 11.7. The van der Waals surface area contributed by atoms with E-state index in [4.69, 9.17) is 4.74 Å². The first-order valence-corrected chi connectivity index (χ1v) is 8.09. The second kappa shape index (κ2) is 7.10. The molecule has 122 valence electrons. The van der Waals surface area contributed by atoms with E-state index in [1.165, 1.54) is 11.3 Å². The summed E-state index contributed by atoms with van der Waals surface area (Å²) in [6, 6.07) is 14.7. The molecular weight excluding hydrogens is 324 g/mol. The number of urea groups is 1. The molecule has 2 aromatic carbocycles. The van der Waals surface area contributed by atoms with Crippen molar-refractivity contribution < 1.29 is 9.53 Å². The molecule has 0 saturated heterocycles. The van der Waals surface area contributed by atoms with Crippen molar-refractivity contribution in [3.63, 3.8) is 0 Å². The number of amides is 2. The molecule has 2 amide bonds. The van der Waals surface area contributed by atoms with E-state index in [0.29, 0.717) is 16.6 Å². The number of nitrogens with one attached hydrogen (secondary N) is 2. The zero-order chi connectivity index (χ0) is 16.9. The molecule has 0 bridgehead atoms. The summed E-state index contributed by atoms with van der Waals surface area (Å²) in [5.74, 6) is 0.588. The first-order valence-electron chi connectivity index (χ1n) is 7.28. The van der Waals surface area contributed by atoms with Gasteiger partial charge < -0.3 is 10.1 Å². The van der Waals surface area contributed by atoms with E-state index < -0.39 is 6.03 Å². The number of benzene rings is 2. The normalized spacial score (nSPS) is 10.2. The molecule has 2 N–H and O–H groups in total. The van der Waals surface area contributed by atoms with Crippen LogP contribution in [-0.2, 0) is 0 Å². The number of methoxy groups -OCH3 is 1. The highest BCUT2D eigenvalue weighted by Gasteiger charge is 2.12. The van der Waals surface area contributed by atoms with Crippen LogP contribution in [0.1, 0.15) is 5.56 Å². The average molecular weight is 340 g/mol. The Kier molecular flexibility index (Phi) is 4.72. The van der Waals surface area contributed by atoms with Crippen LogP contribution in [0.2, 0.25) is 0 Å². The minimum absolute atomic E-state index is 0.396. The predicted octanol–water partition coefficient (Wildman–Crippen LogP) is 4.17. The molecule has 3 aromatic rings. The average Bonchev–Trinajstić information content (AvgIpc) is 3.04. The zero-order valence-electron chi connectivity index (χ0n) is 13.2. The fourth-order valence-corrected chi connectivity index (χ4v) is 3.02. The summed E-state index contributed by atoms with van der Waals surface area (Å²) in [5, 5.41) is 14.8. The van der Waals surface area contributed by atoms with Gasteiger partial charge in [0.25, 0.3) is 0 Å². The largest absolute Gasteiger partial charge is 0.495 e. The van der Waals surface area contributed by atoms with E-state index >= 15 is 0 Å². The van der Waals surface area contributed by atoms with Gasteiger partial charge >= 0.3 is 6.03 Å². The zero-order valence-corrected chi connectivity index (χ0v) is 14.1. The molecule has 3 rings (SSSR count). The minimum Gasteiger partial charge on any atom is -0.495 e. The van der Waals surface area contributed by atoms with Gasteiger partial charge in [-0.1, -0.05) is 47.7 Å². The summed E-state index contributed by atoms with van der Waals surface area (Å²) in [7, 11) is 1.55. The van der Waals surface area contributed by atoms with E-state index in [2.05, 4.69) is 20.8 Å². The number of carbonyl (C=O) groups excluding carboxylic acids is 1. The molecular formula is C17H16N4O2S. The van der Waals surface area contributed by atoms with Gasteiger partial charge in [-0.2, -0.15) is 0 Å². The standard InChI is InChI=1S/C17H16N4O2S/c1-11-7-3-4-8-12(11)15-20-21-17(24-15)19-16(22)18-13-9-5-6-10-14(13)23-2/h3-10H,1-2H3,(H2,18,19,21,22). The maximum Gasteiger partial charge on any atom is 0.325 e. The van der Waals surface area contributed by atoms with E-state index in [9.17, 15) is 4.79 Å². The Hall–Kier alpha value is -2.93. The minimum atomic E-state index is -0.396. The van der Waals surface area contributed by atoms with Crippen molar-refractivity contribution in [3.05, 3.63) is 54.1 Å². The predicted molar refractivity (Wildman–Crippen MR) is 95.7 cm³/mol. The number of aromatic nitrogens is 2. The molecule has 6 nitrogen and oxygen atoms in total. The van der Waals surface area contributed by atoms with Gasteiger partial charge in [-0.25, -0.2) is 4.79 Å². The van der Waals surface area contributed by atoms with Crippen LogP contribution in [0.5, 0.6) is 5.75 Å². The number of rotatable bonds is 4. The van der Waals surface area contributed by atoms with Gasteiger partial charge in [0.2, 0.25) is 5.13 Å². The molecule has 1 aromatic heterocycles. The highest BCUT2D eigenvalue weighted by molar-refractivity contribution is 7.18. The van der Waals surface area contributed by atoms with Gasteiger partial charge in [-0.05, 0) is 24.6 Å². The van der Waals surface area contributed by atoms with Crippen LogP contribution in [-0.4, -0.2) is 23.3 Å². The van der Waals surface area contributed by atoms with Crippen molar-refractivity contribution in [1.29, 1.82) is 0 Å². The molecule has 24 heavy (non-hydrogen) atoms. The van der Waals surface area contributed by atoms with Crippen LogP contribution in [0.4, 0.5) is 15.6 Å². The topological polar surface area (TPSA) is 76.1 Å². The van der Waals surface area contributed by atoms with Gasteiger partial charge in [0.15, 0.2) is 0 Å². The Morgan fingerprint density at radius 1 is 1.04 bits per heavy atom. The van der Waals surface area contributed by atoms with Crippen LogP contribution >= 0.6 is 11.3 Å². The van der Waals surface area contributed by atoms with Gasteiger partial charge in [-0.3, -0.25) is 5.32 Å². The summed E-state index contributed by atoms with van der Waals surface area (Å²) < 4.78 is 5.20. The Balaban J connectivity index is 1.71. The number of hydrogen-bond donors (Lipinski definition) is 2. The summed E-state index contributed by atoms with van der Waals surface area (Å²) in [6.07, 6.45) is 0. The van der Waals surface area contributed by atoms with Crippen molar-refractivity contribution in [2.75, 3.05) is 17.7 Å². The second-order valence-corrected chi connectivity index (χ2v) is 5.98. The first kappa shape index (κ1) is 15.9. The van der Waals surface area contributed by atoms with Crippen LogP contribution < -0.4 is 15.4 Å². The van der Waals surface area contributed by atoms with Gasteiger partial charge in [0.1, 0.15) is 10.8 Å². The molecule has 1 heterocycles. The quantitative estimate of drug-likeness (QED) is 0.747. The molecule has 0 fully saturated rings. The van der Waals surface area contributed by atoms with E-state index in [1.807, 2.05) is 43.3 Å². The fraction of sp³-hybridized carbons (Fsp3) is 0.118. The van der Waals surface area contributed by atoms with Crippen molar-refractivity contribution >= 4 is 28.2 Å². The molecule has 0 radical (unpaired) electrons. The second-order valence-electron chi connectivity index (χ2n) is 5.01. The maximum atomic E-state index is 12.1. The molecule has 0 spiro atoms. The third-order valence-electron chi connectivity index (χ3n) is 3.38.